The molecule has 104 valence electrons. The number of likely N-dealkylation sites (tertiary alicyclic amines) is 1. The Labute approximate surface area is 113 Å². The zero-order valence-electron chi connectivity index (χ0n) is 11.5. The number of halogens is 1. The number of hydrogen-bond acceptors (Lipinski definition) is 2. The molecule has 0 radical (unpaired) electrons. The van der Waals surface area contributed by atoms with E-state index in [1.807, 2.05) is 4.90 Å². The van der Waals surface area contributed by atoms with Crippen LogP contribution in [0, 0.1) is 24.6 Å². The molecule has 4 heteroatoms. The number of rotatable bonds is 2. The number of piperidine rings is 1. The van der Waals surface area contributed by atoms with Crippen molar-refractivity contribution in [3.8, 4) is 0 Å². The quantitative estimate of drug-likeness (QED) is 0.890. The van der Waals surface area contributed by atoms with Crippen LogP contribution in [0.5, 0.6) is 0 Å². The summed E-state index contributed by atoms with van der Waals surface area (Å²) in [7, 11) is 0. The van der Waals surface area contributed by atoms with Crippen molar-refractivity contribution in [2.45, 2.75) is 20.3 Å². The van der Waals surface area contributed by atoms with E-state index in [1.54, 1.807) is 19.1 Å². The molecule has 1 fully saturated rings. The highest BCUT2D eigenvalue weighted by molar-refractivity contribution is 5.94. The fourth-order valence-corrected chi connectivity index (χ4v) is 2.60. The van der Waals surface area contributed by atoms with E-state index >= 15 is 0 Å². The molecule has 2 rings (SSSR count). The molecule has 0 spiro atoms. The van der Waals surface area contributed by atoms with Crippen LogP contribution in [-0.2, 0) is 0 Å². The molecule has 0 aliphatic carbocycles. The molecule has 1 aliphatic heterocycles. The molecule has 3 nitrogen and oxygen atoms in total. The van der Waals surface area contributed by atoms with Gasteiger partial charge in [-0.25, -0.2) is 4.39 Å². The van der Waals surface area contributed by atoms with Gasteiger partial charge in [-0.2, -0.15) is 0 Å². The number of hydrogen-bond donors (Lipinski definition) is 1. The zero-order valence-corrected chi connectivity index (χ0v) is 11.5. The SMILES string of the molecule is Cc1cc(C(=O)N2CCC(C)C(CN)C2)ccc1F. The van der Waals surface area contributed by atoms with Gasteiger partial charge in [0.25, 0.3) is 5.91 Å². The van der Waals surface area contributed by atoms with Crippen LogP contribution < -0.4 is 5.73 Å². The van der Waals surface area contributed by atoms with Gasteiger partial charge in [0.15, 0.2) is 0 Å². The van der Waals surface area contributed by atoms with E-state index in [4.69, 9.17) is 5.73 Å². The number of nitrogens with zero attached hydrogens (tertiary/aromatic N) is 1. The summed E-state index contributed by atoms with van der Waals surface area (Å²) in [6.45, 7) is 5.92. The Hall–Kier alpha value is -1.42. The zero-order chi connectivity index (χ0) is 14.0. The largest absolute Gasteiger partial charge is 0.338 e. The maximum absolute atomic E-state index is 13.2. The van der Waals surface area contributed by atoms with Crippen molar-refractivity contribution in [2.24, 2.45) is 17.6 Å². The van der Waals surface area contributed by atoms with Crippen molar-refractivity contribution in [1.82, 2.24) is 4.90 Å². The fourth-order valence-electron chi connectivity index (χ4n) is 2.60. The minimum Gasteiger partial charge on any atom is -0.338 e. The maximum Gasteiger partial charge on any atom is 0.253 e. The summed E-state index contributed by atoms with van der Waals surface area (Å²) in [5.74, 6) is 0.625. The first-order valence-corrected chi connectivity index (χ1v) is 6.78. The van der Waals surface area contributed by atoms with Gasteiger partial charge >= 0.3 is 0 Å². The van der Waals surface area contributed by atoms with Crippen LogP contribution in [0.15, 0.2) is 18.2 Å². The maximum atomic E-state index is 13.2. The molecular formula is C15H21FN2O. The highest BCUT2D eigenvalue weighted by atomic mass is 19.1. The van der Waals surface area contributed by atoms with Gasteiger partial charge in [-0.05, 0) is 55.5 Å². The van der Waals surface area contributed by atoms with Crippen molar-refractivity contribution in [3.63, 3.8) is 0 Å². The van der Waals surface area contributed by atoms with Crippen LogP contribution in [0.2, 0.25) is 0 Å². The number of nitrogens with two attached hydrogens (primary N) is 1. The second-order valence-corrected chi connectivity index (χ2v) is 5.48. The van der Waals surface area contributed by atoms with Crippen LogP contribution in [0.1, 0.15) is 29.3 Å². The van der Waals surface area contributed by atoms with Crippen molar-refractivity contribution < 1.29 is 9.18 Å². The van der Waals surface area contributed by atoms with E-state index in [1.165, 1.54) is 6.07 Å². The van der Waals surface area contributed by atoms with Gasteiger partial charge in [0.2, 0.25) is 0 Å². The lowest BCUT2D eigenvalue weighted by Gasteiger charge is -2.36. The Morgan fingerprint density at radius 2 is 2.26 bits per heavy atom. The minimum atomic E-state index is -0.274. The lowest BCUT2D eigenvalue weighted by Crippen LogP contribution is -2.45. The Morgan fingerprint density at radius 3 is 2.89 bits per heavy atom. The number of carbonyl (C=O) groups excluding carboxylic acids is 1. The summed E-state index contributed by atoms with van der Waals surface area (Å²) in [4.78, 5) is 14.2. The molecule has 1 saturated heterocycles. The molecule has 2 atom stereocenters. The van der Waals surface area contributed by atoms with Crippen LogP contribution in [0.4, 0.5) is 4.39 Å². The van der Waals surface area contributed by atoms with Crippen molar-refractivity contribution in [2.75, 3.05) is 19.6 Å². The van der Waals surface area contributed by atoms with E-state index in [0.29, 0.717) is 36.1 Å². The Bertz CT molecular complexity index is 475. The van der Waals surface area contributed by atoms with Crippen molar-refractivity contribution >= 4 is 5.91 Å². The van der Waals surface area contributed by atoms with Gasteiger partial charge < -0.3 is 10.6 Å². The van der Waals surface area contributed by atoms with Gasteiger partial charge in [-0.15, -0.1) is 0 Å². The van der Waals surface area contributed by atoms with E-state index in [9.17, 15) is 9.18 Å². The average Bonchev–Trinajstić information content (AvgIpc) is 2.41. The highest BCUT2D eigenvalue weighted by Crippen LogP contribution is 2.23. The van der Waals surface area contributed by atoms with E-state index < -0.39 is 0 Å². The van der Waals surface area contributed by atoms with Gasteiger partial charge in [0.05, 0.1) is 0 Å². The molecule has 2 N–H and O–H groups in total. The molecular weight excluding hydrogens is 243 g/mol. The summed E-state index contributed by atoms with van der Waals surface area (Å²) in [6.07, 6.45) is 0.980. The molecule has 1 aromatic carbocycles. The van der Waals surface area contributed by atoms with E-state index in [-0.39, 0.29) is 11.7 Å². The molecule has 1 heterocycles. The summed E-state index contributed by atoms with van der Waals surface area (Å²) >= 11 is 0. The minimum absolute atomic E-state index is 0.0200. The monoisotopic (exact) mass is 264 g/mol. The Morgan fingerprint density at radius 1 is 1.53 bits per heavy atom. The lowest BCUT2D eigenvalue weighted by molar-refractivity contribution is 0.0618. The van der Waals surface area contributed by atoms with E-state index in [0.717, 1.165) is 13.0 Å². The molecule has 1 amide bonds. The molecule has 0 bridgehead atoms. The molecule has 19 heavy (non-hydrogen) atoms. The number of aryl methyl sites for hydroxylation is 1. The van der Waals surface area contributed by atoms with Crippen LogP contribution >= 0.6 is 0 Å². The predicted octanol–water partition coefficient (Wildman–Crippen LogP) is 2.19. The van der Waals surface area contributed by atoms with Gasteiger partial charge in [0.1, 0.15) is 5.82 Å². The molecule has 0 aromatic heterocycles. The smallest absolute Gasteiger partial charge is 0.253 e. The summed E-state index contributed by atoms with van der Waals surface area (Å²) < 4.78 is 13.2. The third-order valence-electron chi connectivity index (χ3n) is 4.11. The fraction of sp³-hybridized carbons (Fsp3) is 0.533. The highest BCUT2D eigenvalue weighted by Gasteiger charge is 2.28. The Balaban J connectivity index is 2.13. The first-order chi connectivity index (χ1) is 9.02. The number of carbonyl (C=O) groups is 1. The third-order valence-corrected chi connectivity index (χ3v) is 4.11. The topological polar surface area (TPSA) is 46.3 Å². The summed E-state index contributed by atoms with van der Waals surface area (Å²) in [5.41, 5.74) is 6.82. The van der Waals surface area contributed by atoms with Gasteiger partial charge in [-0.1, -0.05) is 6.92 Å². The number of amides is 1. The standard InChI is InChI=1S/C15H21FN2O/c1-10-5-6-18(9-13(10)8-17)15(19)12-3-4-14(16)11(2)7-12/h3-4,7,10,13H,5-6,8-9,17H2,1-2H3. The molecule has 2 unspecified atom stereocenters. The second kappa shape index (κ2) is 5.70. The van der Waals surface area contributed by atoms with Crippen LogP contribution in [0.3, 0.4) is 0 Å². The summed E-state index contributed by atoms with van der Waals surface area (Å²) in [6, 6.07) is 4.53. The van der Waals surface area contributed by atoms with Gasteiger partial charge in [-0.3, -0.25) is 4.79 Å². The second-order valence-electron chi connectivity index (χ2n) is 5.48. The predicted molar refractivity (Wildman–Crippen MR) is 73.4 cm³/mol. The average molecular weight is 264 g/mol. The first-order valence-electron chi connectivity index (χ1n) is 6.78. The summed E-state index contributed by atoms with van der Waals surface area (Å²) in [5, 5.41) is 0. The van der Waals surface area contributed by atoms with Crippen molar-refractivity contribution in [3.05, 3.63) is 35.1 Å². The first kappa shape index (κ1) is 14.0. The molecule has 1 aromatic rings. The normalized spacial score (nSPS) is 23.5. The van der Waals surface area contributed by atoms with Crippen LogP contribution in [-0.4, -0.2) is 30.4 Å². The number of benzene rings is 1. The lowest BCUT2D eigenvalue weighted by atomic mass is 9.87. The molecule has 1 aliphatic rings. The Kier molecular flexibility index (Phi) is 4.20. The third kappa shape index (κ3) is 2.95. The van der Waals surface area contributed by atoms with Crippen molar-refractivity contribution in [1.29, 1.82) is 0 Å². The van der Waals surface area contributed by atoms with Gasteiger partial charge in [0, 0.05) is 18.7 Å². The van der Waals surface area contributed by atoms with Crippen LogP contribution in [0.25, 0.3) is 0 Å². The van der Waals surface area contributed by atoms with E-state index in [2.05, 4.69) is 6.92 Å². The molecule has 0 saturated carbocycles.